The standard InChI is InChI=1S/C19H21N3O2/c1-22-17(23)10-9-16(18(22)15-7-3-2-4-8-15)19(24)21-13-14-6-5-11-20-12-14/h2-8,11-12,16,18H,9-10,13H2,1H3,(H,21,24)/t16-,18+/m1/s1. The van der Waals surface area contributed by atoms with Crippen LogP contribution in [-0.4, -0.2) is 28.7 Å². The van der Waals surface area contributed by atoms with E-state index in [1.165, 1.54) is 0 Å². The monoisotopic (exact) mass is 323 g/mol. The maximum absolute atomic E-state index is 12.7. The molecule has 1 aliphatic rings. The summed E-state index contributed by atoms with van der Waals surface area (Å²) in [5.74, 6) is -0.181. The molecule has 1 saturated heterocycles. The van der Waals surface area contributed by atoms with Crippen molar-refractivity contribution in [3.8, 4) is 0 Å². The van der Waals surface area contributed by atoms with Crippen molar-refractivity contribution in [1.82, 2.24) is 15.2 Å². The number of rotatable bonds is 4. The highest BCUT2D eigenvalue weighted by Crippen LogP contribution is 2.35. The molecule has 0 unspecified atom stereocenters. The van der Waals surface area contributed by atoms with Gasteiger partial charge in [0, 0.05) is 32.4 Å². The molecule has 1 aromatic heterocycles. The molecule has 1 fully saturated rings. The molecule has 5 heteroatoms. The van der Waals surface area contributed by atoms with E-state index in [1.807, 2.05) is 42.5 Å². The first kappa shape index (κ1) is 16.2. The minimum Gasteiger partial charge on any atom is -0.352 e. The Bertz CT molecular complexity index is 703. The number of benzene rings is 1. The van der Waals surface area contributed by atoms with Crippen molar-refractivity contribution in [2.75, 3.05) is 7.05 Å². The highest BCUT2D eigenvalue weighted by molar-refractivity contribution is 5.84. The fourth-order valence-electron chi connectivity index (χ4n) is 3.24. The van der Waals surface area contributed by atoms with E-state index in [0.717, 1.165) is 11.1 Å². The van der Waals surface area contributed by atoms with E-state index in [4.69, 9.17) is 0 Å². The summed E-state index contributed by atoms with van der Waals surface area (Å²) in [4.78, 5) is 30.6. The molecule has 0 saturated carbocycles. The van der Waals surface area contributed by atoms with Crippen molar-refractivity contribution in [2.45, 2.75) is 25.4 Å². The summed E-state index contributed by atoms with van der Waals surface area (Å²) in [5.41, 5.74) is 1.96. The number of pyridine rings is 1. The Hall–Kier alpha value is -2.69. The van der Waals surface area contributed by atoms with Crippen LogP contribution in [0.3, 0.4) is 0 Å². The van der Waals surface area contributed by atoms with Gasteiger partial charge in [0.25, 0.3) is 0 Å². The number of hydrogen-bond acceptors (Lipinski definition) is 3. The first-order chi connectivity index (χ1) is 11.7. The third-order valence-corrected chi connectivity index (χ3v) is 4.53. The Morgan fingerprint density at radius 2 is 2.04 bits per heavy atom. The summed E-state index contributed by atoms with van der Waals surface area (Å²) in [6, 6.07) is 13.3. The number of nitrogens with one attached hydrogen (secondary N) is 1. The second-order valence-corrected chi connectivity index (χ2v) is 6.08. The number of aromatic nitrogens is 1. The number of piperidine rings is 1. The molecule has 0 spiro atoms. The van der Waals surface area contributed by atoms with Crippen LogP contribution < -0.4 is 5.32 Å². The van der Waals surface area contributed by atoms with E-state index in [9.17, 15) is 9.59 Å². The van der Waals surface area contributed by atoms with Crippen molar-refractivity contribution in [2.24, 2.45) is 5.92 Å². The predicted octanol–water partition coefficient (Wildman–Crippen LogP) is 2.31. The summed E-state index contributed by atoms with van der Waals surface area (Å²) in [6.07, 6.45) is 4.43. The number of carbonyl (C=O) groups excluding carboxylic acids is 2. The Kier molecular flexibility index (Phi) is 4.89. The van der Waals surface area contributed by atoms with E-state index in [2.05, 4.69) is 10.3 Å². The fraction of sp³-hybridized carbons (Fsp3) is 0.316. The Labute approximate surface area is 141 Å². The summed E-state index contributed by atoms with van der Waals surface area (Å²) < 4.78 is 0. The topological polar surface area (TPSA) is 62.3 Å². The fourth-order valence-corrected chi connectivity index (χ4v) is 3.24. The van der Waals surface area contributed by atoms with Gasteiger partial charge in [-0.15, -0.1) is 0 Å². The van der Waals surface area contributed by atoms with Gasteiger partial charge < -0.3 is 10.2 Å². The average Bonchev–Trinajstić information content (AvgIpc) is 2.63. The number of amides is 2. The predicted molar refractivity (Wildman–Crippen MR) is 90.8 cm³/mol. The summed E-state index contributed by atoms with van der Waals surface area (Å²) >= 11 is 0. The van der Waals surface area contributed by atoms with Gasteiger partial charge in [0.05, 0.1) is 12.0 Å². The van der Waals surface area contributed by atoms with Crippen molar-refractivity contribution in [3.05, 3.63) is 66.0 Å². The molecular weight excluding hydrogens is 302 g/mol. The molecule has 5 nitrogen and oxygen atoms in total. The van der Waals surface area contributed by atoms with Gasteiger partial charge in [-0.3, -0.25) is 14.6 Å². The lowest BCUT2D eigenvalue weighted by atomic mass is 9.84. The molecule has 3 rings (SSSR count). The van der Waals surface area contributed by atoms with Crippen LogP contribution in [0.25, 0.3) is 0 Å². The van der Waals surface area contributed by atoms with Gasteiger partial charge in [-0.1, -0.05) is 36.4 Å². The van der Waals surface area contributed by atoms with Crippen LogP contribution in [0, 0.1) is 5.92 Å². The summed E-state index contributed by atoms with van der Waals surface area (Å²) in [6.45, 7) is 0.447. The zero-order chi connectivity index (χ0) is 16.9. The van der Waals surface area contributed by atoms with Crippen LogP contribution >= 0.6 is 0 Å². The number of nitrogens with zero attached hydrogens (tertiary/aromatic N) is 2. The van der Waals surface area contributed by atoms with Gasteiger partial charge in [-0.2, -0.15) is 0 Å². The zero-order valence-electron chi connectivity index (χ0n) is 13.7. The Balaban J connectivity index is 1.76. The lowest BCUT2D eigenvalue weighted by Gasteiger charge is -2.38. The largest absolute Gasteiger partial charge is 0.352 e. The van der Waals surface area contributed by atoms with Gasteiger partial charge >= 0.3 is 0 Å². The highest BCUT2D eigenvalue weighted by Gasteiger charge is 2.38. The molecule has 2 amide bonds. The second kappa shape index (κ2) is 7.25. The Morgan fingerprint density at radius 3 is 2.75 bits per heavy atom. The van der Waals surface area contributed by atoms with Gasteiger partial charge in [0.1, 0.15) is 0 Å². The van der Waals surface area contributed by atoms with Crippen LogP contribution in [0.4, 0.5) is 0 Å². The van der Waals surface area contributed by atoms with Gasteiger partial charge in [-0.25, -0.2) is 0 Å². The SMILES string of the molecule is CN1C(=O)CC[C@@H](C(=O)NCc2cccnc2)[C@@H]1c1ccccc1. The molecule has 124 valence electrons. The van der Waals surface area contributed by atoms with Gasteiger partial charge in [0.15, 0.2) is 0 Å². The molecule has 1 N–H and O–H groups in total. The molecular formula is C19H21N3O2. The zero-order valence-corrected chi connectivity index (χ0v) is 13.7. The molecule has 2 heterocycles. The smallest absolute Gasteiger partial charge is 0.225 e. The molecule has 24 heavy (non-hydrogen) atoms. The summed E-state index contributed by atoms with van der Waals surface area (Å²) in [7, 11) is 1.78. The van der Waals surface area contributed by atoms with E-state index < -0.39 is 0 Å². The van der Waals surface area contributed by atoms with E-state index in [0.29, 0.717) is 19.4 Å². The Morgan fingerprint density at radius 1 is 1.25 bits per heavy atom. The third kappa shape index (κ3) is 3.45. The normalized spacial score (nSPS) is 20.7. The minimum atomic E-state index is -0.244. The van der Waals surface area contributed by atoms with E-state index in [1.54, 1.807) is 24.3 Å². The van der Waals surface area contributed by atoms with E-state index >= 15 is 0 Å². The lowest BCUT2D eigenvalue weighted by Crippen LogP contribution is -2.46. The van der Waals surface area contributed by atoms with Crippen LogP contribution in [0.2, 0.25) is 0 Å². The lowest BCUT2D eigenvalue weighted by molar-refractivity contribution is -0.141. The highest BCUT2D eigenvalue weighted by atomic mass is 16.2. The minimum absolute atomic E-state index is 0.0212. The first-order valence-electron chi connectivity index (χ1n) is 8.14. The second-order valence-electron chi connectivity index (χ2n) is 6.08. The first-order valence-corrected chi connectivity index (χ1v) is 8.14. The summed E-state index contributed by atoms with van der Waals surface area (Å²) in [5, 5.41) is 2.99. The van der Waals surface area contributed by atoms with Crippen molar-refractivity contribution in [3.63, 3.8) is 0 Å². The molecule has 0 bridgehead atoms. The molecule has 0 radical (unpaired) electrons. The average molecular weight is 323 g/mol. The van der Waals surface area contributed by atoms with Crippen LogP contribution in [0.5, 0.6) is 0 Å². The van der Waals surface area contributed by atoms with Crippen LogP contribution in [-0.2, 0) is 16.1 Å². The van der Waals surface area contributed by atoms with E-state index in [-0.39, 0.29) is 23.8 Å². The molecule has 2 aromatic rings. The molecule has 2 atom stereocenters. The van der Waals surface area contributed by atoms with Crippen molar-refractivity contribution < 1.29 is 9.59 Å². The number of likely N-dealkylation sites (tertiary alicyclic amines) is 1. The quantitative estimate of drug-likeness (QED) is 0.939. The van der Waals surface area contributed by atoms with Gasteiger partial charge in [0.2, 0.25) is 11.8 Å². The number of carbonyl (C=O) groups is 2. The maximum Gasteiger partial charge on any atom is 0.225 e. The third-order valence-electron chi connectivity index (χ3n) is 4.53. The maximum atomic E-state index is 12.7. The molecule has 1 aliphatic heterocycles. The van der Waals surface area contributed by atoms with Crippen LogP contribution in [0.15, 0.2) is 54.9 Å². The molecule has 1 aromatic carbocycles. The van der Waals surface area contributed by atoms with Crippen LogP contribution in [0.1, 0.15) is 30.0 Å². The molecule has 0 aliphatic carbocycles. The van der Waals surface area contributed by atoms with Crippen molar-refractivity contribution >= 4 is 11.8 Å². The van der Waals surface area contributed by atoms with Gasteiger partial charge in [-0.05, 0) is 23.6 Å². The number of hydrogen-bond donors (Lipinski definition) is 1. The van der Waals surface area contributed by atoms with Crippen molar-refractivity contribution in [1.29, 1.82) is 0 Å².